The number of fused-ring (bicyclic) bond motifs is 4. The predicted octanol–water partition coefficient (Wildman–Crippen LogP) is 3.08. The van der Waals surface area contributed by atoms with Crippen molar-refractivity contribution in [1.29, 1.82) is 0 Å². The number of nitrogens with one attached hydrogen (secondary N) is 1. The third kappa shape index (κ3) is 4.90. The number of carbonyl (C=O) groups is 1. The van der Waals surface area contributed by atoms with Gasteiger partial charge in [-0.1, -0.05) is 12.5 Å². The van der Waals surface area contributed by atoms with Gasteiger partial charge in [-0.05, 0) is 50.1 Å². The maximum atomic E-state index is 13.2. The number of hydrogen-bond donors (Lipinski definition) is 1. The number of carbonyl (C=O) groups excluding carboxylic acids is 1. The number of benzene rings is 1. The Kier molecular flexibility index (Phi) is 6.92. The smallest absolute Gasteiger partial charge is 0.238 e. The molecule has 40 heavy (non-hydrogen) atoms. The Bertz CT molecular complexity index is 1560. The number of anilines is 2. The van der Waals surface area contributed by atoms with Crippen LogP contribution in [0, 0.1) is 0 Å². The number of rotatable bonds is 8. The molecule has 6 rings (SSSR count). The topological polar surface area (TPSA) is 108 Å². The summed E-state index contributed by atoms with van der Waals surface area (Å²) >= 11 is 0. The molecular formula is C29H36N6O4S. The Labute approximate surface area is 235 Å². The lowest BCUT2D eigenvalue weighted by Crippen LogP contribution is -2.44. The zero-order valence-electron chi connectivity index (χ0n) is 23.3. The molecule has 0 unspecified atom stereocenters. The molecule has 3 aliphatic rings. The molecule has 2 aliphatic heterocycles. The quantitative estimate of drug-likeness (QED) is 0.416. The molecule has 0 radical (unpaired) electrons. The van der Waals surface area contributed by atoms with Gasteiger partial charge in [-0.2, -0.15) is 0 Å². The molecule has 4 heterocycles. The minimum atomic E-state index is -3.55. The van der Waals surface area contributed by atoms with Crippen molar-refractivity contribution in [3.63, 3.8) is 0 Å². The molecule has 1 saturated carbocycles. The summed E-state index contributed by atoms with van der Waals surface area (Å²) in [4.78, 5) is 28.8. The fraction of sp³-hybridized carbons (Fsp3) is 0.483. The zero-order chi connectivity index (χ0) is 28.1. The Hall–Kier alpha value is -3.28. The van der Waals surface area contributed by atoms with Crippen LogP contribution in [-0.4, -0.2) is 93.8 Å². The van der Waals surface area contributed by atoms with Crippen LogP contribution in [0.3, 0.4) is 0 Å². The monoisotopic (exact) mass is 564 g/mol. The summed E-state index contributed by atoms with van der Waals surface area (Å²) in [5.74, 6) is 0.403. The molecule has 11 heteroatoms. The van der Waals surface area contributed by atoms with Crippen molar-refractivity contribution in [2.24, 2.45) is 0 Å². The van der Waals surface area contributed by atoms with E-state index < -0.39 is 15.4 Å². The molecule has 1 N–H and O–H groups in total. The van der Waals surface area contributed by atoms with Crippen molar-refractivity contribution < 1.29 is 17.9 Å². The van der Waals surface area contributed by atoms with E-state index in [0.717, 1.165) is 97.9 Å². The summed E-state index contributed by atoms with van der Waals surface area (Å²) in [5.41, 5.74) is 4.21. The lowest BCUT2D eigenvalue weighted by Gasteiger charge is -2.37. The molecule has 1 amide bonds. The first-order valence-corrected chi connectivity index (χ1v) is 15.8. The maximum absolute atomic E-state index is 13.2. The van der Waals surface area contributed by atoms with Gasteiger partial charge in [0, 0.05) is 62.5 Å². The van der Waals surface area contributed by atoms with Gasteiger partial charge in [0.15, 0.2) is 0 Å². The fourth-order valence-corrected chi connectivity index (χ4v) is 6.72. The summed E-state index contributed by atoms with van der Waals surface area (Å²) < 4.78 is 32.9. The van der Waals surface area contributed by atoms with Gasteiger partial charge in [0.2, 0.25) is 21.8 Å². The molecular weight excluding hydrogens is 528 g/mol. The minimum absolute atomic E-state index is 0.142. The van der Waals surface area contributed by atoms with Crippen LogP contribution in [0.25, 0.3) is 22.0 Å². The second-order valence-electron chi connectivity index (χ2n) is 11.3. The number of likely N-dealkylation sites (N-methyl/N-ethyl adjacent to an activating group) is 2. The third-order valence-corrected chi connectivity index (χ3v) is 9.13. The molecule has 1 aromatic carbocycles. The van der Waals surface area contributed by atoms with Crippen molar-refractivity contribution in [2.75, 3.05) is 69.3 Å². The average molecular weight is 565 g/mol. The van der Waals surface area contributed by atoms with Crippen LogP contribution in [-0.2, 0) is 20.2 Å². The first kappa shape index (κ1) is 26.9. The van der Waals surface area contributed by atoms with Gasteiger partial charge in [-0.3, -0.25) is 14.5 Å². The molecule has 2 aromatic heterocycles. The third-order valence-electron chi connectivity index (χ3n) is 8.54. The summed E-state index contributed by atoms with van der Waals surface area (Å²) in [6.45, 7) is 5.58. The van der Waals surface area contributed by atoms with Crippen molar-refractivity contribution in [1.82, 2.24) is 19.8 Å². The fourth-order valence-electron chi connectivity index (χ4n) is 6.18. The number of nitrogens with zero attached hydrogens (tertiary/aromatic N) is 5. The Morgan fingerprint density at radius 1 is 1.02 bits per heavy atom. The number of aromatic nitrogens is 2. The van der Waals surface area contributed by atoms with E-state index in [4.69, 9.17) is 4.74 Å². The lowest BCUT2D eigenvalue weighted by molar-refractivity contribution is -0.125. The second kappa shape index (κ2) is 10.3. The average Bonchev–Trinajstić information content (AvgIpc) is 3.14. The van der Waals surface area contributed by atoms with Gasteiger partial charge in [0.25, 0.3) is 0 Å². The number of pyridine rings is 2. The SMILES string of the molecule is CN1CCN(CCCOc2ncc(-c3ccc4ncc5c(c4c3)C3(CCC3)C(=O)N5C)cc2NS(C)(=O)=O)CC1. The standard InChI is InChI=1S/C29H36N6O4S/c1-33-11-13-35(14-12-33)10-5-15-39-27-24(32-40(3,37)38)17-21(18-31-27)20-6-7-23-22(16-20)26-25(19-30-23)34(2)28(36)29(26)8-4-9-29/h6-7,16-19,32H,4-5,8-15H2,1-3H3. The van der Waals surface area contributed by atoms with Crippen molar-refractivity contribution in [3.8, 4) is 17.0 Å². The molecule has 1 saturated heterocycles. The molecule has 1 aliphatic carbocycles. The lowest BCUT2D eigenvalue weighted by atomic mass is 9.64. The van der Waals surface area contributed by atoms with Gasteiger partial charge < -0.3 is 19.4 Å². The van der Waals surface area contributed by atoms with Crippen LogP contribution in [0.1, 0.15) is 31.2 Å². The van der Waals surface area contributed by atoms with Gasteiger partial charge in [0.05, 0.1) is 35.7 Å². The Morgan fingerprint density at radius 3 is 2.50 bits per heavy atom. The van der Waals surface area contributed by atoms with Gasteiger partial charge in [-0.15, -0.1) is 0 Å². The van der Waals surface area contributed by atoms with Crippen LogP contribution < -0.4 is 14.4 Å². The molecule has 0 bridgehead atoms. The summed E-state index contributed by atoms with van der Waals surface area (Å²) in [6.07, 6.45) is 8.17. The van der Waals surface area contributed by atoms with Crippen LogP contribution >= 0.6 is 0 Å². The van der Waals surface area contributed by atoms with Gasteiger partial charge >= 0.3 is 0 Å². The van der Waals surface area contributed by atoms with E-state index in [2.05, 4.69) is 31.5 Å². The molecule has 2 fully saturated rings. The number of piperazine rings is 1. The first-order valence-electron chi connectivity index (χ1n) is 13.9. The van der Waals surface area contributed by atoms with Crippen LogP contribution in [0.5, 0.6) is 5.88 Å². The van der Waals surface area contributed by atoms with E-state index in [1.54, 1.807) is 23.4 Å². The maximum Gasteiger partial charge on any atom is 0.238 e. The highest BCUT2D eigenvalue weighted by molar-refractivity contribution is 7.92. The molecule has 0 atom stereocenters. The molecule has 3 aromatic rings. The summed E-state index contributed by atoms with van der Waals surface area (Å²) in [5, 5.41) is 0.953. The summed E-state index contributed by atoms with van der Waals surface area (Å²) in [7, 11) is 0.405. The van der Waals surface area contributed by atoms with Crippen molar-refractivity contribution in [3.05, 3.63) is 42.2 Å². The summed E-state index contributed by atoms with van der Waals surface area (Å²) in [6, 6.07) is 7.71. The molecule has 1 spiro atoms. The van der Waals surface area contributed by atoms with E-state index in [0.29, 0.717) is 12.3 Å². The first-order chi connectivity index (χ1) is 19.1. The van der Waals surface area contributed by atoms with E-state index in [-0.39, 0.29) is 11.8 Å². The normalized spacial score (nSPS) is 19.2. The highest BCUT2D eigenvalue weighted by Crippen LogP contribution is 2.55. The van der Waals surface area contributed by atoms with Gasteiger partial charge in [0.1, 0.15) is 5.69 Å². The Morgan fingerprint density at radius 2 is 1.80 bits per heavy atom. The molecule has 10 nitrogen and oxygen atoms in total. The zero-order valence-corrected chi connectivity index (χ0v) is 24.1. The largest absolute Gasteiger partial charge is 0.476 e. The number of amides is 1. The van der Waals surface area contributed by atoms with Crippen LogP contribution in [0.2, 0.25) is 0 Å². The highest BCUT2D eigenvalue weighted by Gasteiger charge is 2.54. The van der Waals surface area contributed by atoms with E-state index in [1.807, 2.05) is 25.2 Å². The van der Waals surface area contributed by atoms with Gasteiger partial charge in [-0.25, -0.2) is 13.4 Å². The predicted molar refractivity (Wildman–Crippen MR) is 156 cm³/mol. The van der Waals surface area contributed by atoms with Crippen molar-refractivity contribution in [2.45, 2.75) is 31.1 Å². The van der Waals surface area contributed by atoms with Crippen LogP contribution in [0.15, 0.2) is 36.7 Å². The minimum Gasteiger partial charge on any atom is -0.476 e. The second-order valence-corrected chi connectivity index (χ2v) is 13.1. The van der Waals surface area contributed by atoms with Crippen LogP contribution in [0.4, 0.5) is 11.4 Å². The van der Waals surface area contributed by atoms with E-state index in [1.165, 1.54) is 0 Å². The Balaban J connectivity index is 1.27. The number of hydrogen-bond acceptors (Lipinski definition) is 8. The van der Waals surface area contributed by atoms with E-state index in [9.17, 15) is 13.2 Å². The van der Waals surface area contributed by atoms with Crippen molar-refractivity contribution >= 4 is 38.2 Å². The number of ether oxygens (including phenoxy) is 1. The molecule has 212 valence electrons. The highest BCUT2D eigenvalue weighted by atomic mass is 32.2. The van der Waals surface area contributed by atoms with E-state index >= 15 is 0 Å². The number of sulfonamides is 1.